The maximum atomic E-state index is 12.2. The lowest BCUT2D eigenvalue weighted by Gasteiger charge is -2.24. The first-order valence-electron chi connectivity index (χ1n) is 6.84. The molecule has 1 saturated heterocycles. The summed E-state index contributed by atoms with van der Waals surface area (Å²) in [5, 5.41) is 8.65. The zero-order valence-electron chi connectivity index (χ0n) is 11.7. The molecule has 1 atom stereocenters. The molecule has 0 aliphatic carbocycles. The molecule has 0 bridgehead atoms. The first-order valence-corrected chi connectivity index (χ1v) is 6.84. The van der Waals surface area contributed by atoms with E-state index in [0.717, 1.165) is 13.0 Å². The first-order chi connectivity index (χ1) is 9.58. The Labute approximate surface area is 118 Å². The third kappa shape index (κ3) is 3.50. The molecule has 0 aromatic heterocycles. The lowest BCUT2D eigenvalue weighted by molar-refractivity contribution is -0.137. The van der Waals surface area contributed by atoms with Gasteiger partial charge in [0.2, 0.25) is 0 Å². The van der Waals surface area contributed by atoms with Crippen molar-refractivity contribution in [2.24, 2.45) is 0 Å². The number of carbonyl (C=O) groups is 2. The van der Waals surface area contributed by atoms with Crippen molar-refractivity contribution >= 4 is 12.0 Å². The normalized spacial score (nSPS) is 18.1. The van der Waals surface area contributed by atoms with E-state index in [-0.39, 0.29) is 19.0 Å². The van der Waals surface area contributed by atoms with E-state index in [1.807, 2.05) is 18.2 Å². The fourth-order valence-corrected chi connectivity index (χ4v) is 2.53. The van der Waals surface area contributed by atoms with Gasteiger partial charge in [-0.15, -0.1) is 0 Å². The van der Waals surface area contributed by atoms with E-state index in [0.29, 0.717) is 12.5 Å². The zero-order valence-corrected chi connectivity index (χ0v) is 11.7. The summed E-state index contributed by atoms with van der Waals surface area (Å²) in [4.78, 5) is 26.0. The molecule has 2 amide bonds. The number of aliphatic carboxylic acids is 1. The van der Waals surface area contributed by atoms with Gasteiger partial charge in [-0.05, 0) is 12.0 Å². The van der Waals surface area contributed by atoms with Crippen molar-refractivity contribution in [3.63, 3.8) is 0 Å². The lowest BCUT2D eigenvalue weighted by atomic mass is 9.99. The second kappa shape index (κ2) is 6.41. The average molecular weight is 276 g/mol. The van der Waals surface area contributed by atoms with Gasteiger partial charge in [0, 0.05) is 32.6 Å². The van der Waals surface area contributed by atoms with Crippen LogP contribution in [0.25, 0.3) is 0 Å². The maximum absolute atomic E-state index is 12.2. The van der Waals surface area contributed by atoms with Gasteiger partial charge in [-0.25, -0.2) is 4.79 Å². The second-order valence-electron chi connectivity index (χ2n) is 5.19. The number of carboxylic acids is 1. The minimum atomic E-state index is -0.881. The summed E-state index contributed by atoms with van der Waals surface area (Å²) in [5.74, 6) is -0.499. The molecule has 108 valence electrons. The van der Waals surface area contributed by atoms with Crippen LogP contribution >= 0.6 is 0 Å². The van der Waals surface area contributed by atoms with Crippen molar-refractivity contribution in [2.75, 3.05) is 26.7 Å². The minimum Gasteiger partial charge on any atom is -0.481 e. The van der Waals surface area contributed by atoms with Gasteiger partial charge in [-0.3, -0.25) is 4.79 Å². The van der Waals surface area contributed by atoms with Crippen LogP contribution < -0.4 is 0 Å². The summed E-state index contributed by atoms with van der Waals surface area (Å²) in [6.45, 7) is 1.69. The predicted octanol–water partition coefficient (Wildman–Crippen LogP) is 2.00. The summed E-state index contributed by atoms with van der Waals surface area (Å²) < 4.78 is 0. The Morgan fingerprint density at radius 1 is 1.35 bits per heavy atom. The smallest absolute Gasteiger partial charge is 0.319 e. The first kappa shape index (κ1) is 14.4. The summed E-state index contributed by atoms with van der Waals surface area (Å²) in [6.07, 6.45) is 0.945. The predicted molar refractivity (Wildman–Crippen MR) is 75.7 cm³/mol. The molecular formula is C15H20N2O3. The zero-order chi connectivity index (χ0) is 14.5. The van der Waals surface area contributed by atoms with Gasteiger partial charge in [-0.2, -0.15) is 0 Å². The maximum Gasteiger partial charge on any atom is 0.319 e. The second-order valence-corrected chi connectivity index (χ2v) is 5.19. The van der Waals surface area contributed by atoms with Gasteiger partial charge in [-0.1, -0.05) is 30.3 Å². The number of benzene rings is 1. The number of likely N-dealkylation sites (tertiary alicyclic amines) is 1. The molecule has 20 heavy (non-hydrogen) atoms. The summed E-state index contributed by atoms with van der Waals surface area (Å²) in [5.41, 5.74) is 1.26. The molecule has 1 heterocycles. The van der Waals surface area contributed by atoms with Crippen LogP contribution in [0.15, 0.2) is 30.3 Å². The molecule has 2 rings (SSSR count). The highest BCUT2D eigenvalue weighted by Crippen LogP contribution is 2.27. The van der Waals surface area contributed by atoms with Crippen molar-refractivity contribution in [2.45, 2.75) is 18.8 Å². The standard InChI is InChI=1S/C15H20N2O3/c1-16(9-8-14(18)19)15(20)17-10-7-13(11-17)12-5-3-2-4-6-12/h2-6,13H,7-11H2,1H3,(H,18,19). The molecule has 0 spiro atoms. The van der Waals surface area contributed by atoms with Gasteiger partial charge >= 0.3 is 12.0 Å². The number of amides is 2. The van der Waals surface area contributed by atoms with Gasteiger partial charge in [0.1, 0.15) is 0 Å². The van der Waals surface area contributed by atoms with E-state index in [9.17, 15) is 9.59 Å². The van der Waals surface area contributed by atoms with Crippen LogP contribution in [0.2, 0.25) is 0 Å². The highest BCUT2D eigenvalue weighted by Gasteiger charge is 2.28. The van der Waals surface area contributed by atoms with E-state index in [4.69, 9.17) is 5.11 Å². The third-order valence-corrected chi connectivity index (χ3v) is 3.72. The molecule has 0 radical (unpaired) electrons. The Morgan fingerprint density at radius 3 is 2.70 bits per heavy atom. The summed E-state index contributed by atoms with van der Waals surface area (Å²) in [7, 11) is 1.65. The summed E-state index contributed by atoms with van der Waals surface area (Å²) in [6, 6.07) is 10.1. The molecule has 1 unspecified atom stereocenters. The van der Waals surface area contributed by atoms with Gasteiger partial charge in [0.05, 0.1) is 6.42 Å². The Bertz CT molecular complexity index is 475. The number of carbonyl (C=O) groups excluding carboxylic acids is 1. The fraction of sp³-hybridized carbons (Fsp3) is 0.467. The molecule has 1 aliphatic heterocycles. The van der Waals surface area contributed by atoms with Crippen LogP contribution in [0.3, 0.4) is 0 Å². The number of nitrogens with zero attached hydrogens (tertiary/aromatic N) is 2. The molecule has 1 fully saturated rings. The molecule has 1 N–H and O–H groups in total. The van der Waals surface area contributed by atoms with Crippen LogP contribution in [0.1, 0.15) is 24.3 Å². The van der Waals surface area contributed by atoms with Crippen molar-refractivity contribution in [3.05, 3.63) is 35.9 Å². The number of hydrogen-bond acceptors (Lipinski definition) is 2. The van der Waals surface area contributed by atoms with Crippen molar-refractivity contribution in [3.8, 4) is 0 Å². The molecule has 0 saturated carbocycles. The largest absolute Gasteiger partial charge is 0.481 e. The topological polar surface area (TPSA) is 60.9 Å². The highest BCUT2D eigenvalue weighted by atomic mass is 16.4. The highest BCUT2D eigenvalue weighted by molar-refractivity contribution is 5.75. The molecule has 5 nitrogen and oxygen atoms in total. The number of carboxylic acid groups (broad SMARTS) is 1. The third-order valence-electron chi connectivity index (χ3n) is 3.72. The quantitative estimate of drug-likeness (QED) is 0.915. The molecule has 1 aromatic rings. The number of rotatable bonds is 4. The van der Waals surface area contributed by atoms with E-state index in [2.05, 4.69) is 12.1 Å². The molecule has 5 heteroatoms. The average Bonchev–Trinajstić information content (AvgIpc) is 2.94. The summed E-state index contributed by atoms with van der Waals surface area (Å²) >= 11 is 0. The fourth-order valence-electron chi connectivity index (χ4n) is 2.53. The Morgan fingerprint density at radius 2 is 2.05 bits per heavy atom. The Hall–Kier alpha value is -2.04. The van der Waals surface area contributed by atoms with Crippen molar-refractivity contribution in [1.82, 2.24) is 9.80 Å². The molecular weight excluding hydrogens is 256 g/mol. The monoisotopic (exact) mass is 276 g/mol. The van der Waals surface area contributed by atoms with Gasteiger partial charge in [0.25, 0.3) is 0 Å². The number of hydrogen-bond donors (Lipinski definition) is 1. The Kier molecular flexibility index (Phi) is 4.61. The van der Waals surface area contributed by atoms with Gasteiger partial charge < -0.3 is 14.9 Å². The van der Waals surface area contributed by atoms with Crippen LogP contribution in [0.4, 0.5) is 4.79 Å². The van der Waals surface area contributed by atoms with Crippen LogP contribution in [-0.2, 0) is 4.79 Å². The molecule has 1 aliphatic rings. The van der Waals surface area contributed by atoms with Gasteiger partial charge in [0.15, 0.2) is 0 Å². The van der Waals surface area contributed by atoms with E-state index < -0.39 is 5.97 Å². The van der Waals surface area contributed by atoms with Crippen molar-refractivity contribution < 1.29 is 14.7 Å². The van der Waals surface area contributed by atoms with E-state index in [1.54, 1.807) is 11.9 Å². The van der Waals surface area contributed by atoms with Crippen molar-refractivity contribution in [1.29, 1.82) is 0 Å². The van der Waals surface area contributed by atoms with Crippen LogP contribution in [0.5, 0.6) is 0 Å². The molecule has 1 aromatic carbocycles. The van der Waals surface area contributed by atoms with E-state index in [1.165, 1.54) is 10.5 Å². The Balaban J connectivity index is 1.89. The van der Waals surface area contributed by atoms with E-state index >= 15 is 0 Å². The lowest BCUT2D eigenvalue weighted by Crippen LogP contribution is -2.40. The number of urea groups is 1. The minimum absolute atomic E-state index is 0.0157. The van der Waals surface area contributed by atoms with Crippen LogP contribution in [-0.4, -0.2) is 53.6 Å². The SMILES string of the molecule is CN(CCC(=O)O)C(=O)N1CCC(c2ccccc2)C1. The van der Waals surface area contributed by atoms with Crippen LogP contribution in [0, 0.1) is 0 Å².